The third kappa shape index (κ3) is 4.73. The molecule has 1 aromatic carbocycles. The molecule has 0 aliphatic carbocycles. The van der Waals surface area contributed by atoms with Crippen LogP contribution in [0.1, 0.15) is 20.8 Å². The molecule has 0 amide bonds. The third-order valence-electron chi connectivity index (χ3n) is 4.61. The SMILES string of the molecule is CC.CCN1CCN(c2nc(Nc3ccc(F)c(F)c3)c3nccnc3n2)CC1. The van der Waals surface area contributed by atoms with E-state index < -0.39 is 11.6 Å². The molecule has 1 fully saturated rings. The molecule has 0 atom stereocenters. The second-order valence-electron chi connectivity index (χ2n) is 6.28. The Morgan fingerprint density at radius 3 is 2.38 bits per heavy atom. The molecular weight excluding hydrogens is 376 g/mol. The van der Waals surface area contributed by atoms with Gasteiger partial charge in [-0.1, -0.05) is 20.8 Å². The summed E-state index contributed by atoms with van der Waals surface area (Å²) in [5.74, 6) is -0.876. The molecule has 0 spiro atoms. The maximum absolute atomic E-state index is 13.5. The van der Waals surface area contributed by atoms with E-state index in [1.807, 2.05) is 13.8 Å². The summed E-state index contributed by atoms with van der Waals surface area (Å²) in [5.41, 5.74) is 1.30. The van der Waals surface area contributed by atoms with Crippen LogP contribution in [0.2, 0.25) is 0 Å². The lowest BCUT2D eigenvalue weighted by Crippen LogP contribution is -2.46. The topological polar surface area (TPSA) is 70.1 Å². The van der Waals surface area contributed by atoms with Gasteiger partial charge in [0.2, 0.25) is 5.95 Å². The van der Waals surface area contributed by atoms with Crippen LogP contribution in [0.4, 0.5) is 26.2 Å². The molecule has 0 radical (unpaired) electrons. The molecule has 4 rings (SSSR count). The minimum atomic E-state index is -0.930. The van der Waals surface area contributed by atoms with E-state index in [-0.39, 0.29) is 0 Å². The molecule has 2 aromatic heterocycles. The lowest BCUT2D eigenvalue weighted by atomic mass is 10.3. The van der Waals surface area contributed by atoms with E-state index >= 15 is 0 Å². The van der Waals surface area contributed by atoms with Crippen molar-refractivity contribution >= 4 is 28.6 Å². The van der Waals surface area contributed by atoms with E-state index in [9.17, 15) is 8.78 Å². The highest BCUT2D eigenvalue weighted by atomic mass is 19.2. The Bertz CT molecular complexity index is 959. The standard InChI is InChI=1S/C18H19F2N7.C2H6/c1-2-26-7-9-27(10-8-26)18-24-16-15(21-5-6-22-16)17(25-18)23-12-3-4-13(19)14(20)11-12;1-2/h3-6,11H,2,7-10H2,1H3,(H,22,23,24,25);1-2H3. The monoisotopic (exact) mass is 401 g/mol. The van der Waals surface area contributed by atoms with Crippen LogP contribution in [-0.2, 0) is 0 Å². The predicted octanol–water partition coefficient (Wildman–Crippen LogP) is 3.61. The number of hydrogen-bond donors (Lipinski definition) is 1. The van der Waals surface area contributed by atoms with Gasteiger partial charge in [0.05, 0.1) is 0 Å². The van der Waals surface area contributed by atoms with Crippen LogP contribution in [-0.4, -0.2) is 57.6 Å². The number of piperazine rings is 1. The molecule has 1 saturated heterocycles. The highest BCUT2D eigenvalue weighted by molar-refractivity contribution is 5.85. The summed E-state index contributed by atoms with van der Waals surface area (Å²) in [7, 11) is 0. The molecule has 0 bridgehead atoms. The fourth-order valence-corrected chi connectivity index (χ4v) is 3.06. The van der Waals surface area contributed by atoms with Crippen molar-refractivity contribution < 1.29 is 8.78 Å². The van der Waals surface area contributed by atoms with Gasteiger partial charge in [-0.05, 0) is 18.7 Å². The van der Waals surface area contributed by atoms with Crippen molar-refractivity contribution in [3.8, 4) is 0 Å². The molecule has 1 N–H and O–H groups in total. The van der Waals surface area contributed by atoms with Crippen molar-refractivity contribution in [2.45, 2.75) is 20.8 Å². The molecule has 154 valence electrons. The average Bonchev–Trinajstić information content (AvgIpc) is 2.77. The highest BCUT2D eigenvalue weighted by Crippen LogP contribution is 2.25. The molecule has 29 heavy (non-hydrogen) atoms. The summed E-state index contributed by atoms with van der Waals surface area (Å²) in [6, 6.07) is 3.60. The number of anilines is 3. The summed E-state index contributed by atoms with van der Waals surface area (Å²) >= 11 is 0. The number of likely N-dealkylation sites (N-methyl/N-ethyl adjacent to an activating group) is 1. The van der Waals surface area contributed by atoms with Gasteiger partial charge in [0.1, 0.15) is 0 Å². The quantitative estimate of drug-likeness (QED) is 0.716. The Hall–Kier alpha value is -2.94. The zero-order chi connectivity index (χ0) is 20.8. The third-order valence-corrected chi connectivity index (χ3v) is 4.61. The molecule has 3 heterocycles. The predicted molar refractivity (Wildman–Crippen MR) is 110 cm³/mol. The normalized spacial score (nSPS) is 14.4. The number of nitrogens with zero attached hydrogens (tertiary/aromatic N) is 6. The maximum atomic E-state index is 13.5. The van der Waals surface area contributed by atoms with Gasteiger partial charge in [0.15, 0.2) is 28.6 Å². The Morgan fingerprint density at radius 1 is 0.966 bits per heavy atom. The molecule has 3 aromatic rings. The first-order valence-electron chi connectivity index (χ1n) is 9.82. The molecule has 9 heteroatoms. The lowest BCUT2D eigenvalue weighted by molar-refractivity contribution is 0.270. The van der Waals surface area contributed by atoms with Gasteiger partial charge in [-0.25, -0.2) is 18.7 Å². The van der Waals surface area contributed by atoms with Crippen LogP contribution in [0.15, 0.2) is 30.6 Å². The number of aromatic nitrogens is 4. The number of hydrogen-bond acceptors (Lipinski definition) is 7. The van der Waals surface area contributed by atoms with Gasteiger partial charge in [-0.2, -0.15) is 9.97 Å². The number of benzene rings is 1. The van der Waals surface area contributed by atoms with Crippen molar-refractivity contribution in [3.63, 3.8) is 0 Å². The summed E-state index contributed by atoms with van der Waals surface area (Å²) in [5, 5.41) is 3.02. The first kappa shape index (κ1) is 20.8. The van der Waals surface area contributed by atoms with Crippen molar-refractivity contribution in [1.29, 1.82) is 0 Å². The van der Waals surface area contributed by atoms with Crippen molar-refractivity contribution in [2.75, 3.05) is 42.9 Å². The van der Waals surface area contributed by atoms with Gasteiger partial charge in [0, 0.05) is 50.3 Å². The largest absolute Gasteiger partial charge is 0.338 e. The van der Waals surface area contributed by atoms with Gasteiger partial charge >= 0.3 is 0 Å². The number of halogens is 2. The van der Waals surface area contributed by atoms with E-state index in [1.54, 1.807) is 12.4 Å². The maximum Gasteiger partial charge on any atom is 0.229 e. The molecule has 7 nitrogen and oxygen atoms in total. The fraction of sp³-hybridized carbons (Fsp3) is 0.400. The van der Waals surface area contributed by atoms with Crippen LogP contribution in [0, 0.1) is 11.6 Å². The zero-order valence-corrected chi connectivity index (χ0v) is 16.9. The first-order valence-corrected chi connectivity index (χ1v) is 9.82. The molecule has 0 unspecified atom stereocenters. The number of fused-ring (bicyclic) bond motifs is 1. The Balaban J connectivity index is 0.00000117. The second kappa shape index (κ2) is 9.51. The van der Waals surface area contributed by atoms with Crippen LogP contribution in [0.3, 0.4) is 0 Å². The fourth-order valence-electron chi connectivity index (χ4n) is 3.06. The number of nitrogens with one attached hydrogen (secondary N) is 1. The molecule has 1 aliphatic heterocycles. The van der Waals surface area contributed by atoms with E-state index in [0.717, 1.165) is 44.9 Å². The van der Waals surface area contributed by atoms with E-state index in [1.165, 1.54) is 6.07 Å². The summed E-state index contributed by atoms with van der Waals surface area (Å²) < 4.78 is 26.7. The van der Waals surface area contributed by atoms with Gasteiger partial charge < -0.3 is 15.1 Å². The summed E-state index contributed by atoms with van der Waals surface area (Å²) in [6.07, 6.45) is 3.11. The molecule has 0 saturated carbocycles. The van der Waals surface area contributed by atoms with Crippen LogP contribution >= 0.6 is 0 Å². The van der Waals surface area contributed by atoms with E-state index in [0.29, 0.717) is 28.6 Å². The van der Waals surface area contributed by atoms with Gasteiger partial charge in [0.25, 0.3) is 0 Å². The van der Waals surface area contributed by atoms with Crippen molar-refractivity contribution in [3.05, 3.63) is 42.2 Å². The smallest absolute Gasteiger partial charge is 0.229 e. The van der Waals surface area contributed by atoms with Gasteiger partial charge in [-0.3, -0.25) is 0 Å². The second-order valence-corrected chi connectivity index (χ2v) is 6.28. The first-order chi connectivity index (χ1) is 14.1. The van der Waals surface area contributed by atoms with Gasteiger partial charge in [-0.15, -0.1) is 0 Å². The highest BCUT2D eigenvalue weighted by Gasteiger charge is 2.20. The zero-order valence-electron chi connectivity index (χ0n) is 16.9. The Morgan fingerprint density at radius 2 is 1.69 bits per heavy atom. The minimum absolute atomic E-state index is 0.376. The Labute approximate surface area is 168 Å². The van der Waals surface area contributed by atoms with Crippen LogP contribution < -0.4 is 10.2 Å². The number of rotatable bonds is 4. The van der Waals surface area contributed by atoms with E-state index in [2.05, 4.69) is 42.0 Å². The van der Waals surface area contributed by atoms with Crippen molar-refractivity contribution in [2.24, 2.45) is 0 Å². The van der Waals surface area contributed by atoms with Crippen molar-refractivity contribution in [1.82, 2.24) is 24.8 Å². The van der Waals surface area contributed by atoms with E-state index in [4.69, 9.17) is 0 Å². The van der Waals surface area contributed by atoms with Crippen LogP contribution in [0.25, 0.3) is 11.2 Å². The summed E-state index contributed by atoms with van der Waals surface area (Å²) in [4.78, 5) is 22.1. The Kier molecular flexibility index (Phi) is 6.82. The summed E-state index contributed by atoms with van der Waals surface area (Å²) in [6.45, 7) is 10.6. The van der Waals surface area contributed by atoms with Crippen LogP contribution in [0.5, 0.6) is 0 Å². The average molecular weight is 401 g/mol. The lowest BCUT2D eigenvalue weighted by Gasteiger charge is -2.34. The minimum Gasteiger partial charge on any atom is -0.338 e. The molecular formula is C20H25F2N7. The molecule has 1 aliphatic rings.